The van der Waals surface area contributed by atoms with Gasteiger partial charge in [-0.25, -0.2) is 13.1 Å². The molecule has 0 amide bonds. The maximum Gasteiger partial charge on any atom is 0.274 e. The van der Waals surface area contributed by atoms with Gasteiger partial charge in [-0.1, -0.05) is 5.16 Å². The van der Waals surface area contributed by atoms with Crippen LogP contribution in [0.4, 0.5) is 0 Å². The highest BCUT2D eigenvalue weighted by Gasteiger charge is 2.24. The predicted octanol–water partition coefficient (Wildman–Crippen LogP) is 0.183. The summed E-state index contributed by atoms with van der Waals surface area (Å²) >= 11 is 0. The second-order valence-electron chi connectivity index (χ2n) is 4.52. The van der Waals surface area contributed by atoms with E-state index in [9.17, 15) is 8.42 Å². The number of aryl methyl sites for hydroxylation is 1. The Morgan fingerprint density at radius 3 is 2.48 bits per heavy atom. The SMILES string of the molecule is Cc1noc(-c2ccc(S(=O)(=O)NC(CO)CO)o2)c1C. The van der Waals surface area contributed by atoms with Gasteiger partial charge < -0.3 is 19.2 Å². The van der Waals surface area contributed by atoms with E-state index >= 15 is 0 Å². The summed E-state index contributed by atoms with van der Waals surface area (Å²) in [7, 11) is -3.98. The Morgan fingerprint density at radius 2 is 1.95 bits per heavy atom. The van der Waals surface area contributed by atoms with E-state index < -0.39 is 29.3 Å². The quantitative estimate of drug-likeness (QED) is 0.694. The summed E-state index contributed by atoms with van der Waals surface area (Å²) in [6.45, 7) is 2.49. The molecule has 0 aliphatic rings. The van der Waals surface area contributed by atoms with Crippen LogP contribution < -0.4 is 4.72 Å². The van der Waals surface area contributed by atoms with Crippen LogP contribution in [0.15, 0.2) is 26.2 Å². The van der Waals surface area contributed by atoms with Gasteiger partial charge >= 0.3 is 0 Å². The molecule has 21 heavy (non-hydrogen) atoms. The van der Waals surface area contributed by atoms with E-state index in [1.165, 1.54) is 12.1 Å². The average molecular weight is 316 g/mol. The van der Waals surface area contributed by atoms with Gasteiger partial charge in [0.1, 0.15) is 0 Å². The number of rotatable bonds is 6. The first-order valence-corrected chi connectivity index (χ1v) is 7.64. The number of nitrogens with one attached hydrogen (secondary N) is 1. The molecule has 3 N–H and O–H groups in total. The lowest BCUT2D eigenvalue weighted by Crippen LogP contribution is -2.39. The van der Waals surface area contributed by atoms with Crippen LogP contribution >= 0.6 is 0 Å². The monoisotopic (exact) mass is 316 g/mol. The van der Waals surface area contributed by atoms with Crippen molar-refractivity contribution in [2.24, 2.45) is 0 Å². The van der Waals surface area contributed by atoms with Crippen LogP contribution in [0.5, 0.6) is 0 Å². The number of nitrogens with zero attached hydrogens (tertiary/aromatic N) is 1. The Morgan fingerprint density at radius 1 is 1.29 bits per heavy atom. The zero-order valence-electron chi connectivity index (χ0n) is 11.5. The van der Waals surface area contributed by atoms with Crippen molar-refractivity contribution < 1.29 is 27.6 Å². The third-order valence-corrected chi connectivity index (χ3v) is 4.38. The van der Waals surface area contributed by atoms with Crippen LogP contribution in [0.1, 0.15) is 11.3 Å². The molecular weight excluding hydrogens is 300 g/mol. The van der Waals surface area contributed by atoms with E-state index in [-0.39, 0.29) is 10.9 Å². The number of furan rings is 1. The Hall–Kier alpha value is -1.68. The standard InChI is InChI=1S/C12H16N2O6S/c1-7-8(2)13-20-12(7)10-3-4-11(19-10)21(17,18)14-9(5-15)6-16/h3-4,9,14-16H,5-6H2,1-2H3. The molecule has 116 valence electrons. The summed E-state index contributed by atoms with van der Waals surface area (Å²) in [5.74, 6) is 0.591. The molecule has 2 heterocycles. The van der Waals surface area contributed by atoms with Crippen molar-refractivity contribution in [3.05, 3.63) is 23.4 Å². The van der Waals surface area contributed by atoms with Gasteiger partial charge in [0.15, 0.2) is 5.76 Å². The summed E-state index contributed by atoms with van der Waals surface area (Å²) in [5, 5.41) is 21.3. The summed E-state index contributed by atoms with van der Waals surface area (Å²) < 4.78 is 36.5. The second kappa shape index (κ2) is 5.98. The van der Waals surface area contributed by atoms with Gasteiger partial charge in [-0.05, 0) is 26.0 Å². The van der Waals surface area contributed by atoms with Crippen molar-refractivity contribution in [1.29, 1.82) is 0 Å². The van der Waals surface area contributed by atoms with E-state index in [1.54, 1.807) is 13.8 Å². The fourth-order valence-electron chi connectivity index (χ4n) is 1.64. The number of sulfonamides is 1. The minimum absolute atomic E-state index is 0.234. The van der Waals surface area contributed by atoms with Gasteiger partial charge in [-0.2, -0.15) is 0 Å². The molecule has 0 radical (unpaired) electrons. The van der Waals surface area contributed by atoms with Crippen LogP contribution in [-0.2, 0) is 10.0 Å². The Labute approximate surface area is 121 Å². The van der Waals surface area contributed by atoms with E-state index in [2.05, 4.69) is 9.88 Å². The molecule has 0 bridgehead atoms. The maximum absolute atomic E-state index is 12.0. The van der Waals surface area contributed by atoms with Crippen molar-refractivity contribution in [1.82, 2.24) is 9.88 Å². The molecule has 0 saturated heterocycles. The summed E-state index contributed by atoms with van der Waals surface area (Å²) in [4.78, 5) is 0. The van der Waals surface area contributed by atoms with E-state index in [4.69, 9.17) is 19.2 Å². The molecule has 9 heteroatoms. The van der Waals surface area contributed by atoms with Crippen LogP contribution in [0.25, 0.3) is 11.5 Å². The van der Waals surface area contributed by atoms with Crippen molar-refractivity contribution in [3.8, 4) is 11.5 Å². The fourth-order valence-corrected chi connectivity index (χ4v) is 2.79. The Balaban J connectivity index is 2.29. The first-order valence-electron chi connectivity index (χ1n) is 6.16. The molecule has 0 atom stereocenters. The lowest BCUT2D eigenvalue weighted by atomic mass is 10.2. The average Bonchev–Trinajstić information content (AvgIpc) is 3.05. The smallest absolute Gasteiger partial charge is 0.274 e. The summed E-state index contributed by atoms with van der Waals surface area (Å²) in [6, 6.07) is 1.73. The molecule has 0 aromatic carbocycles. The molecule has 0 saturated carbocycles. The molecule has 2 aromatic heterocycles. The number of aliphatic hydroxyl groups excluding tert-OH is 2. The van der Waals surface area contributed by atoms with Crippen LogP contribution in [0.2, 0.25) is 0 Å². The molecule has 0 fully saturated rings. The highest BCUT2D eigenvalue weighted by molar-refractivity contribution is 7.89. The van der Waals surface area contributed by atoms with Crippen LogP contribution in [0.3, 0.4) is 0 Å². The first kappa shape index (κ1) is 15.7. The van der Waals surface area contributed by atoms with Gasteiger partial charge in [0.2, 0.25) is 10.9 Å². The molecule has 0 aliphatic heterocycles. The van der Waals surface area contributed by atoms with Gasteiger partial charge in [0.05, 0.1) is 24.9 Å². The highest BCUT2D eigenvalue weighted by atomic mass is 32.2. The van der Waals surface area contributed by atoms with Crippen molar-refractivity contribution in [2.45, 2.75) is 25.0 Å². The minimum atomic E-state index is -3.98. The lowest BCUT2D eigenvalue weighted by molar-refractivity contribution is 0.184. The largest absolute Gasteiger partial charge is 0.440 e. The van der Waals surface area contributed by atoms with Crippen LogP contribution in [0, 0.1) is 13.8 Å². The zero-order valence-corrected chi connectivity index (χ0v) is 12.3. The number of hydrogen-bond donors (Lipinski definition) is 3. The minimum Gasteiger partial charge on any atom is -0.440 e. The Kier molecular flexibility index (Phi) is 4.47. The van der Waals surface area contributed by atoms with E-state index in [0.717, 1.165) is 5.56 Å². The zero-order chi connectivity index (χ0) is 15.6. The second-order valence-corrected chi connectivity index (χ2v) is 6.17. The van der Waals surface area contributed by atoms with Crippen molar-refractivity contribution in [3.63, 3.8) is 0 Å². The van der Waals surface area contributed by atoms with Gasteiger partial charge in [0.25, 0.3) is 10.0 Å². The maximum atomic E-state index is 12.0. The van der Waals surface area contributed by atoms with E-state index in [0.29, 0.717) is 11.5 Å². The van der Waals surface area contributed by atoms with Crippen LogP contribution in [-0.4, -0.2) is 43.0 Å². The molecule has 0 spiro atoms. The Bertz CT molecular complexity index is 714. The number of hydrogen-bond acceptors (Lipinski definition) is 7. The molecule has 2 rings (SSSR count). The predicted molar refractivity (Wildman–Crippen MR) is 72.0 cm³/mol. The molecule has 0 unspecified atom stereocenters. The normalized spacial score (nSPS) is 12.2. The number of aromatic nitrogens is 1. The fraction of sp³-hybridized carbons (Fsp3) is 0.417. The summed E-state index contributed by atoms with van der Waals surface area (Å²) in [6.07, 6.45) is 0. The lowest BCUT2D eigenvalue weighted by Gasteiger charge is -2.11. The third-order valence-electron chi connectivity index (χ3n) is 2.99. The first-order chi connectivity index (χ1) is 9.89. The number of aliphatic hydroxyl groups is 2. The molecular formula is C12H16N2O6S. The van der Waals surface area contributed by atoms with Crippen molar-refractivity contribution >= 4 is 10.0 Å². The molecule has 2 aromatic rings. The molecule has 8 nitrogen and oxygen atoms in total. The van der Waals surface area contributed by atoms with Gasteiger partial charge in [0, 0.05) is 5.56 Å². The highest BCUT2D eigenvalue weighted by Crippen LogP contribution is 2.28. The molecule has 0 aliphatic carbocycles. The summed E-state index contributed by atoms with van der Waals surface area (Å²) in [5.41, 5.74) is 1.44. The third kappa shape index (κ3) is 3.16. The van der Waals surface area contributed by atoms with Crippen molar-refractivity contribution in [2.75, 3.05) is 13.2 Å². The van der Waals surface area contributed by atoms with Gasteiger partial charge in [-0.15, -0.1) is 0 Å². The topological polar surface area (TPSA) is 126 Å². The van der Waals surface area contributed by atoms with Gasteiger partial charge in [-0.3, -0.25) is 0 Å². The van der Waals surface area contributed by atoms with E-state index in [1.807, 2.05) is 0 Å².